The fourth-order valence-electron chi connectivity index (χ4n) is 5.28. The van der Waals surface area contributed by atoms with Gasteiger partial charge in [-0.25, -0.2) is 19.4 Å². The highest BCUT2D eigenvalue weighted by Crippen LogP contribution is 2.29. The van der Waals surface area contributed by atoms with E-state index in [1.807, 2.05) is 36.1 Å². The Morgan fingerprint density at radius 1 is 1.08 bits per heavy atom. The smallest absolute Gasteiger partial charge is 0.287 e. The SMILES string of the molecule is O=C=CC(C[C@@H]1CCNC1=C=O)NC(=C=O)C(CC1CCCCC1)NC(=O)c1nc2ccccc2[nH]1. The molecule has 1 amide bonds. The Bertz CT molecular complexity index is 1190. The average molecular weight is 490 g/mol. The Labute approximate surface area is 209 Å². The Morgan fingerprint density at radius 2 is 1.89 bits per heavy atom. The van der Waals surface area contributed by atoms with Crippen LogP contribution in [0.5, 0.6) is 0 Å². The Morgan fingerprint density at radius 3 is 2.61 bits per heavy atom. The summed E-state index contributed by atoms with van der Waals surface area (Å²) in [5.41, 5.74) is 2.06. The zero-order valence-electron chi connectivity index (χ0n) is 20.1. The molecule has 1 aliphatic heterocycles. The summed E-state index contributed by atoms with van der Waals surface area (Å²) in [6, 6.07) is 6.18. The fourth-order valence-corrected chi connectivity index (χ4v) is 5.28. The van der Waals surface area contributed by atoms with Gasteiger partial charge in [-0.15, -0.1) is 0 Å². The molecule has 0 spiro atoms. The first kappa shape index (κ1) is 25.2. The molecule has 2 heterocycles. The van der Waals surface area contributed by atoms with Crippen LogP contribution in [-0.2, 0) is 14.4 Å². The summed E-state index contributed by atoms with van der Waals surface area (Å²) < 4.78 is 0. The van der Waals surface area contributed by atoms with Gasteiger partial charge in [0.2, 0.25) is 0 Å². The van der Waals surface area contributed by atoms with Gasteiger partial charge in [-0.2, -0.15) is 0 Å². The highest BCUT2D eigenvalue weighted by molar-refractivity contribution is 5.94. The number of carbonyl (C=O) groups excluding carboxylic acids is 4. The first-order valence-electron chi connectivity index (χ1n) is 12.6. The van der Waals surface area contributed by atoms with Crippen molar-refractivity contribution in [1.82, 2.24) is 25.9 Å². The van der Waals surface area contributed by atoms with Crippen molar-refractivity contribution < 1.29 is 19.2 Å². The number of allylic oxidation sites excluding steroid dienone is 1. The third-order valence-corrected chi connectivity index (χ3v) is 7.14. The lowest BCUT2D eigenvalue weighted by Gasteiger charge is -2.29. The number of aromatic nitrogens is 2. The van der Waals surface area contributed by atoms with Crippen molar-refractivity contribution in [2.45, 2.75) is 63.5 Å². The van der Waals surface area contributed by atoms with Crippen LogP contribution in [0, 0.1) is 11.8 Å². The molecule has 2 aliphatic rings. The average Bonchev–Trinajstić information content (AvgIpc) is 3.54. The van der Waals surface area contributed by atoms with E-state index < -0.39 is 18.0 Å². The number of amides is 1. The number of nitrogens with one attached hydrogen (secondary N) is 4. The van der Waals surface area contributed by atoms with Crippen molar-refractivity contribution in [3.63, 3.8) is 0 Å². The fraction of sp³-hybridized carbons (Fsp3) is 0.481. The molecule has 1 saturated carbocycles. The minimum Gasteiger partial charge on any atom is -0.379 e. The number of imidazole rings is 1. The Kier molecular flexibility index (Phi) is 8.53. The van der Waals surface area contributed by atoms with Crippen LogP contribution < -0.4 is 16.0 Å². The molecule has 3 atom stereocenters. The van der Waals surface area contributed by atoms with Crippen molar-refractivity contribution in [3.8, 4) is 0 Å². The largest absolute Gasteiger partial charge is 0.379 e. The number of H-pyrrole nitrogens is 1. The number of fused-ring (bicyclic) bond motifs is 1. The second-order valence-corrected chi connectivity index (χ2v) is 9.58. The Balaban J connectivity index is 1.53. The number of nitrogens with zero attached hydrogens (tertiary/aromatic N) is 1. The molecule has 9 nitrogen and oxygen atoms in total. The molecule has 1 aromatic carbocycles. The number of benzene rings is 1. The maximum Gasteiger partial charge on any atom is 0.287 e. The van der Waals surface area contributed by atoms with Crippen LogP contribution in [0.3, 0.4) is 0 Å². The molecular formula is C27H31N5O4. The Hall–Kier alpha value is -3.89. The molecule has 1 aromatic heterocycles. The number of hydrogen-bond donors (Lipinski definition) is 4. The lowest BCUT2D eigenvalue weighted by molar-refractivity contribution is 0.0925. The van der Waals surface area contributed by atoms with E-state index >= 15 is 0 Å². The molecule has 1 aliphatic carbocycles. The van der Waals surface area contributed by atoms with Crippen molar-refractivity contribution in [3.05, 3.63) is 47.6 Å². The maximum atomic E-state index is 13.2. The van der Waals surface area contributed by atoms with E-state index in [9.17, 15) is 19.2 Å². The van der Waals surface area contributed by atoms with Gasteiger partial charge >= 0.3 is 0 Å². The number of para-hydroxylation sites is 2. The van der Waals surface area contributed by atoms with Gasteiger partial charge in [0.15, 0.2) is 5.82 Å². The summed E-state index contributed by atoms with van der Waals surface area (Å²) in [5.74, 6) is 5.68. The maximum absolute atomic E-state index is 13.2. The van der Waals surface area contributed by atoms with Crippen LogP contribution in [0.4, 0.5) is 0 Å². The molecule has 36 heavy (non-hydrogen) atoms. The molecule has 0 bridgehead atoms. The van der Waals surface area contributed by atoms with Gasteiger partial charge in [-0.3, -0.25) is 4.79 Å². The van der Waals surface area contributed by atoms with Gasteiger partial charge in [0.1, 0.15) is 23.5 Å². The second-order valence-electron chi connectivity index (χ2n) is 9.58. The van der Waals surface area contributed by atoms with Crippen LogP contribution in [0.1, 0.15) is 62.0 Å². The van der Waals surface area contributed by atoms with Crippen LogP contribution in [0.2, 0.25) is 0 Å². The summed E-state index contributed by atoms with van der Waals surface area (Å²) >= 11 is 0. The minimum absolute atomic E-state index is 0.112. The van der Waals surface area contributed by atoms with Crippen LogP contribution in [-0.4, -0.2) is 52.3 Å². The van der Waals surface area contributed by atoms with Gasteiger partial charge < -0.3 is 20.9 Å². The molecule has 0 radical (unpaired) electrons. The van der Waals surface area contributed by atoms with E-state index in [0.29, 0.717) is 36.5 Å². The molecule has 2 aromatic rings. The predicted molar refractivity (Wildman–Crippen MR) is 135 cm³/mol. The molecule has 188 valence electrons. The zero-order valence-corrected chi connectivity index (χ0v) is 20.1. The third kappa shape index (κ3) is 6.21. The molecular weight excluding hydrogens is 458 g/mol. The van der Waals surface area contributed by atoms with Gasteiger partial charge in [-0.1, -0.05) is 44.2 Å². The quantitative estimate of drug-likeness (QED) is 0.377. The van der Waals surface area contributed by atoms with Crippen molar-refractivity contribution >= 4 is 34.8 Å². The molecule has 1 saturated heterocycles. The van der Waals surface area contributed by atoms with E-state index in [-0.39, 0.29) is 17.4 Å². The highest BCUT2D eigenvalue weighted by atomic mass is 16.2. The van der Waals surface area contributed by atoms with E-state index in [0.717, 1.165) is 37.6 Å². The topological polar surface area (TPSA) is 133 Å². The first-order valence-corrected chi connectivity index (χ1v) is 12.6. The molecule has 2 unspecified atom stereocenters. The van der Waals surface area contributed by atoms with E-state index in [2.05, 4.69) is 25.9 Å². The number of aromatic amines is 1. The third-order valence-electron chi connectivity index (χ3n) is 7.14. The summed E-state index contributed by atoms with van der Waals surface area (Å²) in [7, 11) is 0. The van der Waals surface area contributed by atoms with Crippen LogP contribution >= 0.6 is 0 Å². The van der Waals surface area contributed by atoms with E-state index in [1.54, 1.807) is 5.94 Å². The van der Waals surface area contributed by atoms with Gasteiger partial charge in [0.25, 0.3) is 5.91 Å². The summed E-state index contributed by atoms with van der Waals surface area (Å²) in [6.07, 6.45) is 8.50. The van der Waals surface area contributed by atoms with Gasteiger partial charge in [0.05, 0.1) is 28.8 Å². The lowest BCUT2D eigenvalue weighted by atomic mass is 9.84. The highest BCUT2D eigenvalue weighted by Gasteiger charge is 2.29. The second kappa shape index (κ2) is 12.2. The van der Waals surface area contributed by atoms with Crippen LogP contribution in [0.25, 0.3) is 11.0 Å². The lowest BCUT2D eigenvalue weighted by Crippen LogP contribution is -2.45. The first-order chi connectivity index (χ1) is 17.6. The summed E-state index contributed by atoms with van der Waals surface area (Å²) in [5, 5.41) is 9.08. The number of carbonyl (C=O) groups is 1. The molecule has 4 rings (SSSR count). The van der Waals surface area contributed by atoms with E-state index in [4.69, 9.17) is 0 Å². The summed E-state index contributed by atoms with van der Waals surface area (Å²) in [4.78, 5) is 55.2. The van der Waals surface area contributed by atoms with Gasteiger partial charge in [0, 0.05) is 18.5 Å². The van der Waals surface area contributed by atoms with Gasteiger partial charge in [-0.05, 0) is 37.3 Å². The zero-order chi connectivity index (χ0) is 25.3. The standard InChI is InChI=1S/C27H31N5O4/c33-13-11-20(15-19-10-12-28-24(19)16-34)29-25(17-35)23(14-18-6-2-1-3-7-18)32-27(36)26-30-21-8-4-5-9-22(21)31-26/h4-5,8-9,11,18-20,23,28-29H,1-3,6-7,10,12,14-15H2,(H,30,31)(H,32,36)/t19-,20?,23?/m0/s1. The molecule has 9 heteroatoms. The van der Waals surface area contributed by atoms with E-state index in [1.165, 1.54) is 12.5 Å². The van der Waals surface area contributed by atoms with Crippen molar-refractivity contribution in [2.75, 3.05) is 6.54 Å². The predicted octanol–water partition coefficient (Wildman–Crippen LogP) is 2.41. The molecule has 4 N–H and O–H groups in total. The summed E-state index contributed by atoms with van der Waals surface area (Å²) in [6.45, 7) is 0.654. The number of hydrogen-bond acceptors (Lipinski definition) is 7. The normalized spacial score (nSPS) is 19.3. The monoisotopic (exact) mass is 489 g/mol. The van der Waals surface area contributed by atoms with Crippen LogP contribution in [0.15, 0.2) is 41.7 Å². The van der Waals surface area contributed by atoms with Crippen molar-refractivity contribution in [2.24, 2.45) is 11.8 Å². The minimum atomic E-state index is -0.628. The number of rotatable bonds is 10. The molecule has 2 fully saturated rings. The van der Waals surface area contributed by atoms with Crippen molar-refractivity contribution in [1.29, 1.82) is 0 Å².